The third-order valence-electron chi connectivity index (χ3n) is 3.95. The lowest BCUT2D eigenvalue weighted by molar-refractivity contribution is -0.204. The molecule has 0 fully saturated rings. The second-order valence-electron chi connectivity index (χ2n) is 6.10. The predicted molar refractivity (Wildman–Crippen MR) is 94.4 cm³/mol. The number of hydrogen-bond acceptors (Lipinski definition) is 4. The van der Waals surface area contributed by atoms with Gasteiger partial charge in [-0.15, -0.1) is 0 Å². The number of anilines is 1. The number of halogens is 7. The molecule has 0 aliphatic carbocycles. The second kappa shape index (κ2) is 8.82. The Bertz CT molecular complexity index is 960. The lowest BCUT2D eigenvalue weighted by Crippen LogP contribution is -2.69. The van der Waals surface area contributed by atoms with Crippen LogP contribution in [0.3, 0.4) is 0 Å². The van der Waals surface area contributed by atoms with Crippen LogP contribution < -0.4 is 10.6 Å². The molecule has 1 amide bonds. The highest BCUT2D eigenvalue weighted by atomic mass is 19.4. The molecule has 168 valence electrons. The average Bonchev–Trinajstić information content (AvgIpc) is 2.66. The first-order valence-corrected chi connectivity index (χ1v) is 8.58. The van der Waals surface area contributed by atoms with Gasteiger partial charge in [-0.3, -0.25) is 4.79 Å². The Labute approximate surface area is 171 Å². The molecule has 0 spiro atoms. The summed E-state index contributed by atoms with van der Waals surface area (Å²) in [6, 6.07) is 6.55. The van der Waals surface area contributed by atoms with Gasteiger partial charge in [-0.05, 0) is 37.3 Å². The molecular weight excluding hydrogens is 437 g/mol. The van der Waals surface area contributed by atoms with Crippen LogP contribution >= 0.6 is 0 Å². The van der Waals surface area contributed by atoms with Gasteiger partial charge in [-0.1, -0.05) is 18.2 Å². The number of hydrogen-bond donors (Lipinski definition) is 2. The smallest absolute Gasteiger partial charge is 0.441 e. The first kappa shape index (κ1) is 24.0. The van der Waals surface area contributed by atoms with Crippen LogP contribution in [0.5, 0.6) is 0 Å². The molecule has 12 heteroatoms. The van der Waals surface area contributed by atoms with Gasteiger partial charge in [0.1, 0.15) is 5.82 Å². The van der Waals surface area contributed by atoms with Gasteiger partial charge < -0.3 is 15.4 Å². The average molecular weight is 452 g/mol. The summed E-state index contributed by atoms with van der Waals surface area (Å²) in [7, 11) is 0. The van der Waals surface area contributed by atoms with E-state index in [2.05, 4.69) is 4.74 Å². The molecule has 0 heterocycles. The summed E-state index contributed by atoms with van der Waals surface area (Å²) in [5, 5.41) is 2.80. The maximum atomic E-state index is 14.1. The molecule has 0 aliphatic heterocycles. The van der Waals surface area contributed by atoms with E-state index in [0.29, 0.717) is 18.2 Å². The minimum absolute atomic E-state index is 0.489. The van der Waals surface area contributed by atoms with E-state index >= 15 is 0 Å². The van der Waals surface area contributed by atoms with E-state index in [0.717, 1.165) is 37.3 Å². The number of carbonyl (C=O) groups excluding carboxylic acids is 2. The van der Waals surface area contributed by atoms with E-state index in [1.165, 1.54) is 10.6 Å². The topological polar surface area (TPSA) is 67.4 Å². The van der Waals surface area contributed by atoms with Crippen molar-refractivity contribution < 1.29 is 45.1 Å². The number of para-hydroxylation sites is 1. The van der Waals surface area contributed by atoms with Crippen molar-refractivity contribution in [3.63, 3.8) is 0 Å². The predicted octanol–water partition coefficient (Wildman–Crippen LogP) is 4.51. The monoisotopic (exact) mass is 452 g/mol. The lowest BCUT2D eigenvalue weighted by Gasteiger charge is -2.36. The molecule has 2 aromatic carbocycles. The quantitative estimate of drug-likeness (QED) is 0.385. The van der Waals surface area contributed by atoms with Gasteiger partial charge in [0.05, 0.1) is 12.2 Å². The summed E-state index contributed by atoms with van der Waals surface area (Å²) in [6.45, 7) is 0.589. The molecule has 0 unspecified atom stereocenters. The lowest BCUT2D eigenvalue weighted by atomic mass is 10.1. The fourth-order valence-electron chi connectivity index (χ4n) is 2.54. The molecule has 2 aromatic rings. The normalized spacial score (nSPS) is 13.8. The molecule has 0 aromatic heterocycles. The van der Waals surface area contributed by atoms with Crippen molar-refractivity contribution in [3.05, 3.63) is 65.5 Å². The van der Waals surface area contributed by atoms with Crippen LogP contribution in [-0.2, 0) is 15.7 Å². The highest BCUT2D eigenvalue weighted by Crippen LogP contribution is 2.39. The number of amides is 1. The van der Waals surface area contributed by atoms with Crippen molar-refractivity contribution in [2.75, 3.05) is 11.9 Å². The van der Waals surface area contributed by atoms with Crippen molar-refractivity contribution in [2.45, 2.75) is 24.9 Å². The Morgan fingerprint density at radius 1 is 0.968 bits per heavy atom. The van der Waals surface area contributed by atoms with Crippen LogP contribution in [0, 0.1) is 5.82 Å². The number of esters is 1. The van der Waals surface area contributed by atoms with E-state index in [1.54, 1.807) is 0 Å². The van der Waals surface area contributed by atoms with Gasteiger partial charge in [0.2, 0.25) is 0 Å². The molecule has 1 atom stereocenters. The first-order valence-electron chi connectivity index (χ1n) is 8.58. The van der Waals surface area contributed by atoms with Crippen molar-refractivity contribution >= 4 is 17.6 Å². The highest BCUT2D eigenvalue weighted by Gasteiger charge is 2.64. The standard InChI is InChI=1S/C19H15F7N2O3/c1-2-31-16(30)17(19(24,25)26,28-15(29)11-6-5-7-12(20)10-11)27-14-9-4-3-8-13(14)18(21,22)23/h3-10,27H,2H2,1H3,(H,28,29)/t17-/m1/s1. The molecule has 0 radical (unpaired) electrons. The second-order valence-corrected chi connectivity index (χ2v) is 6.10. The number of alkyl halides is 6. The van der Waals surface area contributed by atoms with Crippen molar-refractivity contribution in [2.24, 2.45) is 0 Å². The van der Waals surface area contributed by atoms with Gasteiger partial charge in [-0.2, -0.15) is 26.3 Å². The zero-order chi connectivity index (χ0) is 23.4. The van der Waals surface area contributed by atoms with Gasteiger partial charge in [0.15, 0.2) is 0 Å². The van der Waals surface area contributed by atoms with E-state index in [4.69, 9.17) is 0 Å². The summed E-state index contributed by atoms with van der Waals surface area (Å²) in [4.78, 5) is 24.7. The first-order chi connectivity index (χ1) is 14.3. The number of nitrogens with one attached hydrogen (secondary N) is 2. The van der Waals surface area contributed by atoms with Crippen molar-refractivity contribution in [3.8, 4) is 0 Å². The Kier molecular flexibility index (Phi) is 6.82. The molecule has 31 heavy (non-hydrogen) atoms. The van der Waals surface area contributed by atoms with E-state index in [1.807, 2.05) is 0 Å². The van der Waals surface area contributed by atoms with Crippen LogP contribution in [0.2, 0.25) is 0 Å². The fourth-order valence-corrected chi connectivity index (χ4v) is 2.54. The Morgan fingerprint density at radius 2 is 1.61 bits per heavy atom. The molecule has 5 nitrogen and oxygen atoms in total. The number of rotatable bonds is 6. The zero-order valence-corrected chi connectivity index (χ0v) is 15.7. The van der Waals surface area contributed by atoms with Crippen LogP contribution in [0.25, 0.3) is 0 Å². The summed E-state index contributed by atoms with van der Waals surface area (Å²) in [5.74, 6) is -4.65. The summed E-state index contributed by atoms with van der Waals surface area (Å²) in [5.41, 5.74) is -7.37. The number of ether oxygens (including phenoxy) is 1. The molecule has 0 saturated carbocycles. The van der Waals surface area contributed by atoms with Gasteiger partial charge in [0.25, 0.3) is 5.91 Å². The molecule has 0 saturated heterocycles. The van der Waals surface area contributed by atoms with Gasteiger partial charge in [-0.25, -0.2) is 9.18 Å². The van der Waals surface area contributed by atoms with Crippen LogP contribution in [0.4, 0.5) is 36.4 Å². The SMILES string of the molecule is CCOC(=O)[C@](NC(=O)c1cccc(F)c1)(Nc1ccccc1C(F)(F)F)C(F)(F)F. The zero-order valence-electron chi connectivity index (χ0n) is 15.7. The Balaban J connectivity index is 2.63. The Hall–Kier alpha value is -3.31. The third kappa shape index (κ3) is 5.25. The van der Waals surface area contributed by atoms with Gasteiger partial charge in [0, 0.05) is 11.3 Å². The van der Waals surface area contributed by atoms with Crippen molar-refractivity contribution in [1.82, 2.24) is 5.32 Å². The largest absolute Gasteiger partial charge is 0.463 e. The number of benzene rings is 2. The highest BCUT2D eigenvalue weighted by molar-refractivity contribution is 5.99. The molecule has 2 rings (SSSR count). The van der Waals surface area contributed by atoms with Crippen LogP contribution in [0.1, 0.15) is 22.8 Å². The van der Waals surface area contributed by atoms with Crippen LogP contribution in [0.15, 0.2) is 48.5 Å². The van der Waals surface area contributed by atoms with Gasteiger partial charge >= 0.3 is 24.0 Å². The molecular formula is C19H15F7N2O3. The maximum absolute atomic E-state index is 14.1. The third-order valence-corrected chi connectivity index (χ3v) is 3.95. The minimum atomic E-state index is -5.67. The summed E-state index contributed by atoms with van der Waals surface area (Å²) < 4.78 is 99.8. The summed E-state index contributed by atoms with van der Waals surface area (Å²) in [6.07, 6.45) is -10.7. The summed E-state index contributed by atoms with van der Waals surface area (Å²) >= 11 is 0. The fraction of sp³-hybridized carbons (Fsp3) is 0.263. The minimum Gasteiger partial charge on any atom is -0.463 e. The maximum Gasteiger partial charge on any atom is 0.441 e. The molecule has 0 bridgehead atoms. The van der Waals surface area contributed by atoms with E-state index in [9.17, 15) is 40.3 Å². The number of carbonyl (C=O) groups is 2. The van der Waals surface area contributed by atoms with E-state index < -0.39 is 59.1 Å². The Morgan fingerprint density at radius 3 is 2.16 bits per heavy atom. The van der Waals surface area contributed by atoms with Crippen molar-refractivity contribution in [1.29, 1.82) is 0 Å². The van der Waals surface area contributed by atoms with Crippen LogP contribution in [-0.4, -0.2) is 30.3 Å². The molecule has 0 aliphatic rings. The van der Waals surface area contributed by atoms with E-state index in [-0.39, 0.29) is 0 Å². The molecule has 2 N–H and O–H groups in total.